The molecular formula is C14H25N3O2. The number of hydrogen-bond acceptors (Lipinski definition) is 5. The van der Waals surface area contributed by atoms with Crippen LogP contribution in [-0.4, -0.2) is 45.0 Å². The highest BCUT2D eigenvalue weighted by Crippen LogP contribution is 2.17. The van der Waals surface area contributed by atoms with Crippen molar-refractivity contribution >= 4 is 5.82 Å². The molecule has 5 heteroatoms. The minimum Gasteiger partial charge on any atom is -0.383 e. The normalized spacial score (nSPS) is 14.2. The molecule has 0 spiro atoms. The van der Waals surface area contributed by atoms with Crippen LogP contribution in [0.4, 0.5) is 5.82 Å². The average Bonchev–Trinajstić information content (AvgIpc) is 2.40. The van der Waals surface area contributed by atoms with Crippen molar-refractivity contribution < 1.29 is 9.47 Å². The van der Waals surface area contributed by atoms with Crippen molar-refractivity contribution in [3.8, 4) is 0 Å². The smallest absolute Gasteiger partial charge is 0.128 e. The predicted octanol–water partition coefficient (Wildman–Crippen LogP) is 1.59. The highest BCUT2D eigenvalue weighted by Gasteiger charge is 2.15. The van der Waals surface area contributed by atoms with Crippen LogP contribution in [-0.2, 0) is 9.47 Å². The van der Waals surface area contributed by atoms with Crippen LogP contribution in [0, 0.1) is 0 Å². The summed E-state index contributed by atoms with van der Waals surface area (Å²) in [7, 11) is 3.41. The van der Waals surface area contributed by atoms with Gasteiger partial charge in [-0.25, -0.2) is 4.98 Å². The van der Waals surface area contributed by atoms with Gasteiger partial charge in [-0.15, -0.1) is 0 Å². The summed E-state index contributed by atoms with van der Waals surface area (Å²) in [6.07, 6.45) is 1.83. The first kappa shape index (κ1) is 15.9. The van der Waals surface area contributed by atoms with Crippen molar-refractivity contribution in [2.24, 2.45) is 5.73 Å². The van der Waals surface area contributed by atoms with Crippen LogP contribution in [0.2, 0.25) is 0 Å². The minimum absolute atomic E-state index is 0.00498. The Labute approximate surface area is 115 Å². The Morgan fingerprint density at radius 1 is 1.26 bits per heavy atom. The molecular weight excluding hydrogens is 242 g/mol. The molecule has 0 aliphatic carbocycles. The topological polar surface area (TPSA) is 60.6 Å². The van der Waals surface area contributed by atoms with Crippen LogP contribution in [0.1, 0.15) is 25.5 Å². The largest absolute Gasteiger partial charge is 0.383 e. The molecule has 1 rings (SSSR count). The molecule has 19 heavy (non-hydrogen) atoms. The number of hydrogen-bond donors (Lipinski definition) is 1. The van der Waals surface area contributed by atoms with Gasteiger partial charge in [0.2, 0.25) is 0 Å². The highest BCUT2D eigenvalue weighted by molar-refractivity contribution is 5.41. The Balaban J connectivity index is 2.83. The van der Waals surface area contributed by atoms with Gasteiger partial charge in [0, 0.05) is 33.0 Å². The van der Waals surface area contributed by atoms with Crippen molar-refractivity contribution in [3.63, 3.8) is 0 Å². The number of aromatic nitrogens is 1. The van der Waals surface area contributed by atoms with Gasteiger partial charge in [0.15, 0.2) is 0 Å². The summed E-state index contributed by atoms with van der Waals surface area (Å²) in [4.78, 5) is 6.67. The minimum atomic E-state index is 0.00498. The zero-order chi connectivity index (χ0) is 14.3. The number of pyridine rings is 1. The van der Waals surface area contributed by atoms with Crippen molar-refractivity contribution in [1.29, 1.82) is 0 Å². The number of nitrogens with two attached hydrogens (primary N) is 1. The third-order valence-corrected chi connectivity index (χ3v) is 3.07. The fraction of sp³-hybridized carbons (Fsp3) is 0.643. The van der Waals surface area contributed by atoms with Crippen LogP contribution in [0.25, 0.3) is 0 Å². The molecule has 108 valence electrons. The van der Waals surface area contributed by atoms with E-state index in [4.69, 9.17) is 15.2 Å². The van der Waals surface area contributed by atoms with Gasteiger partial charge in [0.1, 0.15) is 5.82 Å². The predicted molar refractivity (Wildman–Crippen MR) is 77.4 cm³/mol. The number of ether oxygens (including phenoxy) is 2. The van der Waals surface area contributed by atoms with E-state index in [2.05, 4.69) is 16.8 Å². The third-order valence-electron chi connectivity index (χ3n) is 3.07. The molecule has 0 saturated carbocycles. The first-order valence-corrected chi connectivity index (χ1v) is 6.56. The molecule has 1 aromatic rings. The van der Waals surface area contributed by atoms with Crippen LogP contribution in [0.15, 0.2) is 18.3 Å². The first-order chi connectivity index (χ1) is 9.10. The van der Waals surface area contributed by atoms with E-state index in [0.717, 1.165) is 17.9 Å². The second-order valence-corrected chi connectivity index (χ2v) is 4.73. The molecule has 0 aliphatic heterocycles. The van der Waals surface area contributed by atoms with Gasteiger partial charge >= 0.3 is 0 Å². The molecule has 5 nitrogen and oxygen atoms in total. The molecule has 0 fully saturated rings. The van der Waals surface area contributed by atoms with Crippen molar-refractivity contribution in [2.75, 3.05) is 38.9 Å². The standard InChI is InChI=1S/C14H25N3O2/c1-11(10-19-4)17(7-8-18-3)14-6-5-13(9-16-14)12(2)15/h5-6,9,11-12H,7-8,10,15H2,1-4H3. The Kier molecular flexibility index (Phi) is 6.77. The molecule has 0 aromatic carbocycles. The maximum Gasteiger partial charge on any atom is 0.128 e. The Bertz CT molecular complexity index is 354. The molecule has 1 heterocycles. The number of nitrogens with zero attached hydrogens (tertiary/aromatic N) is 2. The maximum absolute atomic E-state index is 5.83. The maximum atomic E-state index is 5.83. The average molecular weight is 267 g/mol. The van der Waals surface area contributed by atoms with Gasteiger partial charge in [-0.05, 0) is 25.5 Å². The van der Waals surface area contributed by atoms with Gasteiger partial charge < -0.3 is 20.1 Å². The number of methoxy groups -OCH3 is 2. The molecule has 1 aromatic heterocycles. The Morgan fingerprint density at radius 2 is 2.00 bits per heavy atom. The molecule has 2 N–H and O–H groups in total. The molecule has 0 radical (unpaired) electrons. The van der Waals surface area contributed by atoms with Gasteiger partial charge in [-0.1, -0.05) is 6.07 Å². The fourth-order valence-corrected chi connectivity index (χ4v) is 1.92. The molecule has 0 aliphatic rings. The van der Waals surface area contributed by atoms with E-state index < -0.39 is 0 Å². The zero-order valence-electron chi connectivity index (χ0n) is 12.3. The third kappa shape index (κ3) is 4.78. The molecule has 2 unspecified atom stereocenters. The highest BCUT2D eigenvalue weighted by atomic mass is 16.5. The lowest BCUT2D eigenvalue weighted by molar-refractivity contribution is 0.170. The van der Waals surface area contributed by atoms with E-state index in [1.54, 1.807) is 14.2 Å². The second kappa shape index (κ2) is 8.09. The Morgan fingerprint density at radius 3 is 2.47 bits per heavy atom. The van der Waals surface area contributed by atoms with Gasteiger partial charge in [-0.3, -0.25) is 0 Å². The van der Waals surface area contributed by atoms with E-state index >= 15 is 0 Å². The van der Waals surface area contributed by atoms with Crippen LogP contribution in [0.5, 0.6) is 0 Å². The van der Waals surface area contributed by atoms with Gasteiger partial charge in [0.05, 0.1) is 19.3 Å². The fourth-order valence-electron chi connectivity index (χ4n) is 1.92. The van der Waals surface area contributed by atoms with Gasteiger partial charge in [-0.2, -0.15) is 0 Å². The summed E-state index contributed by atoms with van der Waals surface area (Å²) in [5.74, 6) is 0.922. The Hall–Kier alpha value is -1.17. The van der Waals surface area contributed by atoms with Crippen LogP contribution < -0.4 is 10.6 Å². The second-order valence-electron chi connectivity index (χ2n) is 4.73. The quantitative estimate of drug-likeness (QED) is 0.775. The zero-order valence-corrected chi connectivity index (χ0v) is 12.3. The van der Waals surface area contributed by atoms with Crippen LogP contribution in [0.3, 0.4) is 0 Å². The molecule has 0 amide bonds. The van der Waals surface area contributed by atoms with Crippen molar-refractivity contribution in [3.05, 3.63) is 23.9 Å². The summed E-state index contributed by atoms with van der Waals surface area (Å²) in [5, 5.41) is 0. The lowest BCUT2D eigenvalue weighted by Crippen LogP contribution is -2.39. The molecule has 0 bridgehead atoms. The van der Waals surface area contributed by atoms with E-state index in [9.17, 15) is 0 Å². The van der Waals surface area contributed by atoms with E-state index in [0.29, 0.717) is 13.2 Å². The van der Waals surface area contributed by atoms with E-state index in [1.807, 2.05) is 25.3 Å². The number of anilines is 1. The summed E-state index contributed by atoms with van der Waals surface area (Å²) >= 11 is 0. The lowest BCUT2D eigenvalue weighted by atomic mass is 10.1. The first-order valence-electron chi connectivity index (χ1n) is 6.56. The summed E-state index contributed by atoms with van der Waals surface area (Å²) < 4.78 is 10.4. The monoisotopic (exact) mass is 267 g/mol. The van der Waals surface area contributed by atoms with Crippen molar-refractivity contribution in [1.82, 2.24) is 4.98 Å². The van der Waals surface area contributed by atoms with Gasteiger partial charge in [0.25, 0.3) is 0 Å². The summed E-state index contributed by atoms with van der Waals surface area (Å²) in [6.45, 7) is 6.16. The molecule has 0 saturated heterocycles. The summed E-state index contributed by atoms with van der Waals surface area (Å²) in [6, 6.07) is 4.27. The lowest BCUT2D eigenvalue weighted by Gasteiger charge is -2.29. The number of rotatable bonds is 8. The van der Waals surface area contributed by atoms with E-state index in [-0.39, 0.29) is 12.1 Å². The summed E-state index contributed by atoms with van der Waals surface area (Å²) in [5.41, 5.74) is 6.87. The van der Waals surface area contributed by atoms with Crippen LogP contribution >= 0.6 is 0 Å². The molecule has 2 atom stereocenters. The SMILES string of the molecule is COCCN(c1ccc(C(C)N)cn1)C(C)COC. The van der Waals surface area contributed by atoms with Crippen molar-refractivity contribution in [2.45, 2.75) is 25.9 Å². The van der Waals surface area contributed by atoms with E-state index in [1.165, 1.54) is 0 Å².